The maximum atomic E-state index is 12.1. The minimum Gasteiger partial charge on any atom is -0.353 e. The van der Waals surface area contributed by atoms with Crippen LogP contribution in [0.25, 0.3) is 0 Å². The summed E-state index contributed by atoms with van der Waals surface area (Å²) in [5, 5.41) is 6.71. The summed E-state index contributed by atoms with van der Waals surface area (Å²) < 4.78 is 0. The second kappa shape index (κ2) is 7.39. The molecule has 0 spiro atoms. The van der Waals surface area contributed by atoms with Crippen molar-refractivity contribution in [3.63, 3.8) is 0 Å². The molecule has 0 radical (unpaired) electrons. The summed E-state index contributed by atoms with van der Waals surface area (Å²) in [5.41, 5.74) is 0. The van der Waals surface area contributed by atoms with Crippen LogP contribution in [0.2, 0.25) is 0 Å². The Morgan fingerprint density at radius 2 is 2.22 bits per heavy atom. The first-order valence-corrected chi connectivity index (χ1v) is 8.55. The Hall–Kier alpha value is -0.220. The van der Waals surface area contributed by atoms with Gasteiger partial charge in [-0.1, -0.05) is 26.2 Å². The molecule has 2 N–H and O–H groups in total. The van der Waals surface area contributed by atoms with Gasteiger partial charge >= 0.3 is 0 Å². The van der Waals surface area contributed by atoms with Gasteiger partial charge in [0.1, 0.15) is 0 Å². The molecule has 0 bridgehead atoms. The summed E-state index contributed by atoms with van der Waals surface area (Å²) in [5.74, 6) is 3.21. The predicted molar refractivity (Wildman–Crippen MR) is 77.9 cm³/mol. The number of rotatable bonds is 4. The third-order valence-corrected chi connectivity index (χ3v) is 5.34. The van der Waals surface area contributed by atoms with Gasteiger partial charge < -0.3 is 10.6 Å². The summed E-state index contributed by atoms with van der Waals surface area (Å²) in [6.07, 6.45) is 6.93. The van der Waals surface area contributed by atoms with Crippen LogP contribution in [0.4, 0.5) is 0 Å². The van der Waals surface area contributed by atoms with Crippen LogP contribution in [-0.2, 0) is 4.79 Å². The summed E-state index contributed by atoms with van der Waals surface area (Å²) in [6, 6.07) is 0.819. The van der Waals surface area contributed by atoms with E-state index in [0.717, 1.165) is 12.3 Å². The van der Waals surface area contributed by atoms with Crippen molar-refractivity contribution < 1.29 is 4.79 Å². The topological polar surface area (TPSA) is 41.1 Å². The van der Waals surface area contributed by atoms with Gasteiger partial charge in [-0.2, -0.15) is 11.8 Å². The zero-order valence-corrected chi connectivity index (χ0v) is 12.2. The van der Waals surface area contributed by atoms with E-state index in [9.17, 15) is 4.79 Å². The molecule has 1 saturated carbocycles. The van der Waals surface area contributed by atoms with Gasteiger partial charge in [-0.05, 0) is 18.8 Å². The van der Waals surface area contributed by atoms with Crippen LogP contribution in [0, 0.1) is 5.92 Å². The number of hydrogen-bond donors (Lipinski definition) is 2. The van der Waals surface area contributed by atoms with Crippen molar-refractivity contribution in [2.45, 2.75) is 57.5 Å². The van der Waals surface area contributed by atoms with E-state index in [1.54, 1.807) is 0 Å². The molecule has 0 aromatic rings. The van der Waals surface area contributed by atoms with Crippen molar-refractivity contribution in [3.8, 4) is 0 Å². The molecule has 1 amide bonds. The smallest absolute Gasteiger partial charge is 0.221 e. The Labute approximate surface area is 115 Å². The lowest BCUT2D eigenvalue weighted by atomic mass is 9.83. The van der Waals surface area contributed by atoms with Crippen LogP contribution < -0.4 is 10.6 Å². The van der Waals surface area contributed by atoms with Crippen molar-refractivity contribution in [1.82, 2.24) is 10.6 Å². The molecule has 0 aromatic carbocycles. The van der Waals surface area contributed by atoms with Gasteiger partial charge in [0.2, 0.25) is 5.91 Å². The number of thioether (sulfide) groups is 1. The van der Waals surface area contributed by atoms with E-state index in [1.807, 2.05) is 11.8 Å². The molecular formula is C14H26N2OS. The summed E-state index contributed by atoms with van der Waals surface area (Å²) in [4.78, 5) is 12.1. The van der Waals surface area contributed by atoms with E-state index in [0.29, 0.717) is 24.4 Å². The Morgan fingerprint density at radius 1 is 1.39 bits per heavy atom. The maximum Gasteiger partial charge on any atom is 0.221 e. The van der Waals surface area contributed by atoms with Crippen LogP contribution in [0.1, 0.15) is 45.4 Å². The monoisotopic (exact) mass is 270 g/mol. The molecule has 1 heterocycles. The first-order chi connectivity index (χ1) is 8.79. The van der Waals surface area contributed by atoms with E-state index in [2.05, 4.69) is 17.6 Å². The highest BCUT2D eigenvalue weighted by Gasteiger charge is 2.26. The first-order valence-electron chi connectivity index (χ1n) is 7.40. The fraction of sp³-hybridized carbons (Fsp3) is 0.929. The lowest BCUT2D eigenvalue weighted by Gasteiger charge is -2.32. The summed E-state index contributed by atoms with van der Waals surface area (Å²) in [6.45, 7) is 3.29. The van der Waals surface area contributed by atoms with Crippen molar-refractivity contribution in [2.24, 2.45) is 5.92 Å². The van der Waals surface area contributed by atoms with Crippen LogP contribution >= 0.6 is 11.8 Å². The Bertz CT molecular complexity index is 267. The highest BCUT2D eigenvalue weighted by Crippen LogP contribution is 2.26. The van der Waals surface area contributed by atoms with E-state index in [-0.39, 0.29) is 5.91 Å². The molecule has 3 atom stereocenters. The number of carbonyl (C=O) groups excluding carboxylic acids is 1. The highest BCUT2D eigenvalue weighted by atomic mass is 32.2. The largest absolute Gasteiger partial charge is 0.353 e. The fourth-order valence-corrected chi connectivity index (χ4v) is 4.08. The maximum absolute atomic E-state index is 12.1. The standard InChI is InChI=1S/C14H26N2OS/c1-2-11-5-3-4-6-13(11)16-14(17)9-12-10-18-8-7-15-12/h11-13,15H,2-10H2,1H3,(H,16,17). The Balaban J connectivity index is 1.75. The minimum absolute atomic E-state index is 0.250. The van der Waals surface area contributed by atoms with Crippen LogP contribution in [-0.4, -0.2) is 36.0 Å². The molecule has 2 rings (SSSR count). The molecule has 18 heavy (non-hydrogen) atoms. The van der Waals surface area contributed by atoms with Crippen molar-refractivity contribution >= 4 is 17.7 Å². The van der Waals surface area contributed by atoms with E-state index in [1.165, 1.54) is 37.9 Å². The zero-order chi connectivity index (χ0) is 12.8. The molecule has 1 saturated heterocycles. The van der Waals surface area contributed by atoms with Gasteiger partial charge in [0.15, 0.2) is 0 Å². The third-order valence-electron chi connectivity index (χ3n) is 4.21. The molecule has 3 unspecified atom stereocenters. The number of amides is 1. The van der Waals surface area contributed by atoms with E-state index >= 15 is 0 Å². The minimum atomic E-state index is 0.250. The molecule has 0 aromatic heterocycles. The van der Waals surface area contributed by atoms with Crippen LogP contribution in [0.5, 0.6) is 0 Å². The van der Waals surface area contributed by atoms with Gasteiger partial charge in [0, 0.05) is 36.6 Å². The zero-order valence-electron chi connectivity index (χ0n) is 11.4. The van der Waals surface area contributed by atoms with Crippen LogP contribution in [0.15, 0.2) is 0 Å². The first kappa shape index (κ1) is 14.2. The lowest BCUT2D eigenvalue weighted by Crippen LogP contribution is -2.46. The van der Waals surface area contributed by atoms with Gasteiger partial charge in [-0.25, -0.2) is 0 Å². The second-order valence-corrected chi connectivity index (χ2v) is 6.71. The second-order valence-electron chi connectivity index (χ2n) is 5.56. The SMILES string of the molecule is CCC1CCCCC1NC(=O)CC1CSCCN1. The molecule has 3 nitrogen and oxygen atoms in total. The van der Waals surface area contributed by atoms with E-state index in [4.69, 9.17) is 0 Å². The number of carbonyl (C=O) groups is 1. The fourth-order valence-electron chi connectivity index (χ4n) is 3.13. The highest BCUT2D eigenvalue weighted by molar-refractivity contribution is 7.99. The van der Waals surface area contributed by atoms with E-state index < -0.39 is 0 Å². The van der Waals surface area contributed by atoms with Crippen molar-refractivity contribution in [1.29, 1.82) is 0 Å². The Morgan fingerprint density at radius 3 is 2.94 bits per heavy atom. The predicted octanol–water partition coefficient (Wildman–Crippen LogP) is 2.17. The number of hydrogen-bond acceptors (Lipinski definition) is 3. The van der Waals surface area contributed by atoms with Gasteiger partial charge in [0.05, 0.1) is 0 Å². The molecule has 1 aliphatic heterocycles. The van der Waals surface area contributed by atoms with Gasteiger partial charge in [-0.3, -0.25) is 4.79 Å². The normalized spacial score (nSPS) is 33.1. The molecule has 2 aliphatic rings. The van der Waals surface area contributed by atoms with Crippen molar-refractivity contribution in [3.05, 3.63) is 0 Å². The number of nitrogens with one attached hydrogen (secondary N) is 2. The molecule has 4 heteroatoms. The average Bonchev–Trinajstić information content (AvgIpc) is 2.40. The Kier molecular flexibility index (Phi) is 5.83. The molecule has 1 aliphatic carbocycles. The summed E-state index contributed by atoms with van der Waals surface area (Å²) >= 11 is 1.95. The molecule has 2 fully saturated rings. The summed E-state index contributed by atoms with van der Waals surface area (Å²) in [7, 11) is 0. The lowest BCUT2D eigenvalue weighted by molar-refractivity contribution is -0.122. The van der Waals surface area contributed by atoms with Crippen LogP contribution in [0.3, 0.4) is 0 Å². The van der Waals surface area contributed by atoms with Gasteiger partial charge in [0.25, 0.3) is 0 Å². The van der Waals surface area contributed by atoms with Crippen molar-refractivity contribution in [2.75, 3.05) is 18.1 Å². The molecular weight excluding hydrogens is 244 g/mol. The third kappa shape index (κ3) is 4.16. The average molecular weight is 270 g/mol. The molecule has 104 valence electrons. The quantitative estimate of drug-likeness (QED) is 0.822. The van der Waals surface area contributed by atoms with Gasteiger partial charge in [-0.15, -0.1) is 0 Å².